The fraction of sp³-hybridized carbons (Fsp3) is 0.667. The summed E-state index contributed by atoms with van der Waals surface area (Å²) in [6.45, 7) is 9.87. The summed E-state index contributed by atoms with van der Waals surface area (Å²) in [5.41, 5.74) is 2.77. The van der Waals surface area contributed by atoms with E-state index in [0.29, 0.717) is 5.92 Å². The van der Waals surface area contributed by atoms with E-state index in [2.05, 4.69) is 74.4 Å². The average Bonchev–Trinajstić information content (AvgIpc) is 2.40. The summed E-state index contributed by atoms with van der Waals surface area (Å²) in [4.78, 5) is 4.64. The first-order valence-electron chi connectivity index (χ1n) is 8.09. The molecular formula is C18H33N3. The first-order chi connectivity index (χ1) is 9.97. The molecule has 3 heteroatoms. The van der Waals surface area contributed by atoms with Crippen LogP contribution in [-0.4, -0.2) is 50.6 Å². The fourth-order valence-electron chi connectivity index (χ4n) is 2.32. The summed E-state index contributed by atoms with van der Waals surface area (Å²) in [6.07, 6.45) is 1.22. The lowest BCUT2D eigenvalue weighted by atomic mass is 10.1. The molecule has 0 bridgehead atoms. The molecule has 0 saturated carbocycles. The molecule has 0 saturated heterocycles. The van der Waals surface area contributed by atoms with Crippen LogP contribution in [0.4, 0.5) is 0 Å². The Kier molecular flexibility index (Phi) is 8.58. The van der Waals surface area contributed by atoms with Crippen molar-refractivity contribution in [3.63, 3.8) is 0 Å². The number of nitrogens with zero attached hydrogens (tertiary/aromatic N) is 2. The zero-order chi connectivity index (χ0) is 15.7. The van der Waals surface area contributed by atoms with Crippen molar-refractivity contribution in [3.8, 4) is 0 Å². The maximum atomic E-state index is 3.48. The maximum Gasteiger partial charge on any atom is 0.0230 e. The van der Waals surface area contributed by atoms with Gasteiger partial charge < -0.3 is 15.1 Å². The van der Waals surface area contributed by atoms with Gasteiger partial charge in [0, 0.05) is 13.1 Å². The SMILES string of the molecule is CC(C)CNCc1ccc(CN(C)CCCN(C)C)cc1. The Morgan fingerprint density at radius 3 is 2.14 bits per heavy atom. The van der Waals surface area contributed by atoms with Crippen LogP contribution < -0.4 is 5.32 Å². The van der Waals surface area contributed by atoms with Gasteiger partial charge in [0.2, 0.25) is 0 Å². The minimum atomic E-state index is 0.708. The van der Waals surface area contributed by atoms with E-state index in [1.807, 2.05) is 0 Å². The molecule has 0 fully saturated rings. The van der Waals surface area contributed by atoms with Crippen LogP contribution in [0.2, 0.25) is 0 Å². The van der Waals surface area contributed by atoms with Crippen molar-refractivity contribution in [2.45, 2.75) is 33.4 Å². The van der Waals surface area contributed by atoms with Crippen LogP contribution in [0.3, 0.4) is 0 Å². The summed E-state index contributed by atoms with van der Waals surface area (Å²) in [5, 5.41) is 3.48. The van der Waals surface area contributed by atoms with Crippen molar-refractivity contribution in [1.29, 1.82) is 0 Å². The van der Waals surface area contributed by atoms with Gasteiger partial charge in [0.1, 0.15) is 0 Å². The topological polar surface area (TPSA) is 18.5 Å². The molecule has 0 atom stereocenters. The van der Waals surface area contributed by atoms with Gasteiger partial charge in [-0.15, -0.1) is 0 Å². The molecule has 0 aliphatic heterocycles. The van der Waals surface area contributed by atoms with Crippen LogP contribution in [0.1, 0.15) is 31.4 Å². The molecule has 1 aromatic rings. The Bertz CT molecular complexity index is 371. The van der Waals surface area contributed by atoms with Crippen LogP contribution >= 0.6 is 0 Å². The van der Waals surface area contributed by atoms with Gasteiger partial charge in [0.25, 0.3) is 0 Å². The van der Waals surface area contributed by atoms with Gasteiger partial charge in [-0.05, 0) is 64.2 Å². The van der Waals surface area contributed by atoms with E-state index in [4.69, 9.17) is 0 Å². The predicted molar refractivity (Wildman–Crippen MR) is 92.5 cm³/mol. The monoisotopic (exact) mass is 291 g/mol. The summed E-state index contributed by atoms with van der Waals surface area (Å²) < 4.78 is 0. The quantitative estimate of drug-likeness (QED) is 0.715. The first-order valence-corrected chi connectivity index (χ1v) is 8.09. The Morgan fingerprint density at radius 2 is 1.57 bits per heavy atom. The third kappa shape index (κ3) is 8.86. The second-order valence-corrected chi connectivity index (χ2v) is 6.74. The van der Waals surface area contributed by atoms with Gasteiger partial charge in [0.15, 0.2) is 0 Å². The zero-order valence-electron chi connectivity index (χ0n) is 14.5. The second kappa shape index (κ2) is 9.93. The first kappa shape index (κ1) is 18.1. The molecule has 1 aromatic carbocycles. The van der Waals surface area contributed by atoms with E-state index in [0.717, 1.165) is 32.7 Å². The molecule has 3 nitrogen and oxygen atoms in total. The molecule has 0 unspecified atom stereocenters. The Hall–Kier alpha value is -0.900. The molecule has 0 radical (unpaired) electrons. The minimum absolute atomic E-state index is 0.708. The molecule has 0 aliphatic rings. The molecule has 21 heavy (non-hydrogen) atoms. The fourth-order valence-corrected chi connectivity index (χ4v) is 2.32. The largest absolute Gasteiger partial charge is 0.312 e. The third-order valence-corrected chi connectivity index (χ3v) is 3.50. The van der Waals surface area contributed by atoms with E-state index >= 15 is 0 Å². The Balaban J connectivity index is 2.29. The summed E-state index contributed by atoms with van der Waals surface area (Å²) in [6, 6.07) is 9.01. The van der Waals surface area contributed by atoms with Crippen LogP contribution in [-0.2, 0) is 13.1 Å². The smallest absolute Gasteiger partial charge is 0.0230 e. The number of hydrogen-bond donors (Lipinski definition) is 1. The number of nitrogens with one attached hydrogen (secondary N) is 1. The lowest BCUT2D eigenvalue weighted by Crippen LogP contribution is -2.23. The average molecular weight is 291 g/mol. The highest BCUT2D eigenvalue weighted by Crippen LogP contribution is 2.07. The van der Waals surface area contributed by atoms with Gasteiger partial charge in [-0.2, -0.15) is 0 Å². The number of benzene rings is 1. The number of rotatable bonds is 10. The zero-order valence-corrected chi connectivity index (χ0v) is 14.5. The summed E-state index contributed by atoms with van der Waals surface area (Å²) >= 11 is 0. The summed E-state index contributed by atoms with van der Waals surface area (Å²) in [7, 11) is 6.46. The van der Waals surface area contributed by atoms with Crippen molar-refractivity contribution in [2.75, 3.05) is 40.8 Å². The maximum absolute atomic E-state index is 3.48. The van der Waals surface area contributed by atoms with Crippen molar-refractivity contribution >= 4 is 0 Å². The van der Waals surface area contributed by atoms with E-state index in [-0.39, 0.29) is 0 Å². The molecule has 0 spiro atoms. The van der Waals surface area contributed by atoms with Gasteiger partial charge in [-0.1, -0.05) is 38.1 Å². The lowest BCUT2D eigenvalue weighted by molar-refractivity contribution is 0.294. The highest BCUT2D eigenvalue weighted by Gasteiger charge is 2.01. The van der Waals surface area contributed by atoms with Crippen LogP contribution in [0.25, 0.3) is 0 Å². The normalized spacial score (nSPS) is 11.8. The lowest BCUT2D eigenvalue weighted by Gasteiger charge is -2.18. The van der Waals surface area contributed by atoms with Crippen molar-refractivity contribution in [1.82, 2.24) is 15.1 Å². The van der Waals surface area contributed by atoms with E-state index in [1.165, 1.54) is 17.5 Å². The van der Waals surface area contributed by atoms with Gasteiger partial charge in [-0.3, -0.25) is 0 Å². The van der Waals surface area contributed by atoms with Gasteiger partial charge in [0.05, 0.1) is 0 Å². The van der Waals surface area contributed by atoms with Crippen LogP contribution in [0.15, 0.2) is 24.3 Å². The van der Waals surface area contributed by atoms with Crippen LogP contribution in [0.5, 0.6) is 0 Å². The highest BCUT2D eigenvalue weighted by atomic mass is 15.1. The van der Waals surface area contributed by atoms with Crippen molar-refractivity contribution < 1.29 is 0 Å². The molecule has 120 valence electrons. The molecule has 1 rings (SSSR count). The molecule has 0 aliphatic carbocycles. The van der Waals surface area contributed by atoms with Crippen molar-refractivity contribution in [2.24, 2.45) is 5.92 Å². The standard InChI is InChI=1S/C18H33N3/c1-16(2)13-19-14-17-7-9-18(10-8-17)15-21(5)12-6-11-20(3)4/h7-10,16,19H,6,11-15H2,1-5H3. The molecule has 0 aromatic heterocycles. The second-order valence-electron chi connectivity index (χ2n) is 6.74. The van der Waals surface area contributed by atoms with E-state index in [1.54, 1.807) is 0 Å². The van der Waals surface area contributed by atoms with Gasteiger partial charge in [-0.25, -0.2) is 0 Å². The summed E-state index contributed by atoms with van der Waals surface area (Å²) in [5.74, 6) is 0.708. The molecule has 0 amide bonds. The molecule has 1 N–H and O–H groups in total. The molecule has 0 heterocycles. The highest BCUT2D eigenvalue weighted by molar-refractivity contribution is 5.22. The number of hydrogen-bond acceptors (Lipinski definition) is 3. The van der Waals surface area contributed by atoms with Crippen molar-refractivity contribution in [3.05, 3.63) is 35.4 Å². The van der Waals surface area contributed by atoms with E-state index < -0.39 is 0 Å². The van der Waals surface area contributed by atoms with Gasteiger partial charge >= 0.3 is 0 Å². The Labute approximate surface area is 131 Å². The Morgan fingerprint density at radius 1 is 0.952 bits per heavy atom. The van der Waals surface area contributed by atoms with Crippen LogP contribution in [0, 0.1) is 5.92 Å². The minimum Gasteiger partial charge on any atom is -0.312 e. The predicted octanol–water partition coefficient (Wildman–Crippen LogP) is 2.82. The third-order valence-electron chi connectivity index (χ3n) is 3.50. The van der Waals surface area contributed by atoms with E-state index in [9.17, 15) is 0 Å². The molecular weight excluding hydrogens is 258 g/mol.